The van der Waals surface area contributed by atoms with Crippen LogP contribution in [-0.2, 0) is 19.6 Å². The van der Waals surface area contributed by atoms with E-state index in [0.717, 1.165) is 11.1 Å². The Kier molecular flexibility index (Phi) is 6.04. The Balaban J connectivity index is 1.80. The second-order valence-corrected chi connectivity index (χ2v) is 9.18. The van der Waals surface area contributed by atoms with Crippen LogP contribution < -0.4 is 10.6 Å². The SMILES string of the molecule is CC(=O)Nc1cc(NC(=O)[C@@H]2CCCN2S(=O)(=O)c2ccc(C)cc2)ccc1C. The summed E-state index contributed by atoms with van der Waals surface area (Å²) in [5.41, 5.74) is 2.94. The third-order valence-electron chi connectivity index (χ3n) is 4.95. The standard InChI is InChI=1S/C21H25N3O4S/c1-14-6-10-18(11-7-14)29(27,28)24-12-4-5-20(24)21(26)23-17-9-8-15(2)19(13-17)22-16(3)25/h6-11,13,20H,4-5,12H2,1-3H3,(H,22,25)(H,23,26)/t20-/m0/s1. The Bertz CT molecular complexity index is 1030. The van der Waals surface area contributed by atoms with Crippen LogP contribution in [0, 0.1) is 13.8 Å². The van der Waals surface area contributed by atoms with E-state index in [-0.39, 0.29) is 16.7 Å². The molecule has 2 N–H and O–H groups in total. The van der Waals surface area contributed by atoms with Gasteiger partial charge in [0.05, 0.1) is 4.90 Å². The van der Waals surface area contributed by atoms with Crippen LogP contribution in [-0.4, -0.2) is 37.1 Å². The van der Waals surface area contributed by atoms with Gasteiger partial charge < -0.3 is 10.6 Å². The van der Waals surface area contributed by atoms with E-state index >= 15 is 0 Å². The van der Waals surface area contributed by atoms with Crippen LogP contribution in [0.1, 0.15) is 30.9 Å². The molecule has 29 heavy (non-hydrogen) atoms. The molecule has 0 aliphatic carbocycles. The van der Waals surface area contributed by atoms with Gasteiger partial charge in [-0.25, -0.2) is 8.42 Å². The van der Waals surface area contributed by atoms with Crippen molar-refractivity contribution in [1.29, 1.82) is 0 Å². The van der Waals surface area contributed by atoms with Crippen LogP contribution in [0.25, 0.3) is 0 Å². The molecule has 0 saturated carbocycles. The van der Waals surface area contributed by atoms with Gasteiger partial charge in [0.25, 0.3) is 0 Å². The van der Waals surface area contributed by atoms with Crippen LogP contribution in [0.5, 0.6) is 0 Å². The van der Waals surface area contributed by atoms with E-state index < -0.39 is 16.1 Å². The lowest BCUT2D eigenvalue weighted by atomic mass is 10.1. The van der Waals surface area contributed by atoms with Gasteiger partial charge in [-0.05, 0) is 56.5 Å². The number of hydrogen-bond acceptors (Lipinski definition) is 4. The fourth-order valence-corrected chi connectivity index (χ4v) is 5.04. The molecule has 1 aliphatic rings. The van der Waals surface area contributed by atoms with Crippen molar-refractivity contribution in [2.75, 3.05) is 17.2 Å². The highest BCUT2D eigenvalue weighted by atomic mass is 32.2. The van der Waals surface area contributed by atoms with Crippen LogP contribution in [0.3, 0.4) is 0 Å². The van der Waals surface area contributed by atoms with Gasteiger partial charge in [0.15, 0.2) is 0 Å². The first-order valence-electron chi connectivity index (χ1n) is 9.46. The lowest BCUT2D eigenvalue weighted by Crippen LogP contribution is -2.43. The summed E-state index contributed by atoms with van der Waals surface area (Å²) < 4.78 is 27.3. The summed E-state index contributed by atoms with van der Waals surface area (Å²) in [5.74, 6) is -0.585. The minimum Gasteiger partial charge on any atom is -0.326 e. The highest BCUT2D eigenvalue weighted by Crippen LogP contribution is 2.28. The zero-order chi connectivity index (χ0) is 21.2. The van der Waals surface area contributed by atoms with E-state index in [1.807, 2.05) is 13.8 Å². The molecule has 7 nitrogen and oxygen atoms in total. The van der Waals surface area contributed by atoms with Crippen LogP contribution in [0.15, 0.2) is 47.4 Å². The summed E-state index contributed by atoms with van der Waals surface area (Å²) in [7, 11) is -3.76. The highest BCUT2D eigenvalue weighted by Gasteiger charge is 2.39. The van der Waals surface area contributed by atoms with E-state index in [2.05, 4.69) is 10.6 Å². The summed E-state index contributed by atoms with van der Waals surface area (Å²) in [6.07, 6.45) is 1.08. The lowest BCUT2D eigenvalue weighted by Gasteiger charge is -2.23. The number of benzene rings is 2. The van der Waals surface area contributed by atoms with Crippen LogP contribution >= 0.6 is 0 Å². The topological polar surface area (TPSA) is 95.6 Å². The molecule has 1 heterocycles. The van der Waals surface area contributed by atoms with Crippen LogP contribution in [0.4, 0.5) is 11.4 Å². The molecule has 3 rings (SSSR count). The molecule has 0 aromatic heterocycles. The smallest absolute Gasteiger partial charge is 0.243 e. The average Bonchev–Trinajstić information content (AvgIpc) is 3.15. The maximum Gasteiger partial charge on any atom is 0.243 e. The largest absolute Gasteiger partial charge is 0.326 e. The fraction of sp³-hybridized carbons (Fsp3) is 0.333. The summed E-state index contributed by atoms with van der Waals surface area (Å²) in [6, 6.07) is 11.0. The number of aryl methyl sites for hydroxylation is 2. The maximum atomic E-state index is 13.0. The molecule has 2 aromatic carbocycles. The number of carbonyl (C=O) groups is 2. The van der Waals surface area contributed by atoms with E-state index in [9.17, 15) is 18.0 Å². The minimum atomic E-state index is -3.76. The summed E-state index contributed by atoms with van der Waals surface area (Å²) >= 11 is 0. The van der Waals surface area contributed by atoms with Gasteiger partial charge in [-0.15, -0.1) is 0 Å². The van der Waals surface area contributed by atoms with Crippen molar-refractivity contribution in [1.82, 2.24) is 4.31 Å². The van der Waals surface area contributed by atoms with Gasteiger partial charge in [0.1, 0.15) is 6.04 Å². The molecule has 1 saturated heterocycles. The van der Waals surface area contributed by atoms with Crippen molar-refractivity contribution in [3.05, 3.63) is 53.6 Å². The predicted molar refractivity (Wildman–Crippen MR) is 112 cm³/mol. The molecular weight excluding hydrogens is 390 g/mol. The van der Waals surface area contributed by atoms with Gasteiger partial charge in [0, 0.05) is 24.8 Å². The number of anilines is 2. The maximum absolute atomic E-state index is 13.0. The Hall–Kier alpha value is -2.71. The molecule has 1 atom stereocenters. The van der Waals surface area contributed by atoms with Gasteiger partial charge in [0.2, 0.25) is 21.8 Å². The van der Waals surface area contributed by atoms with E-state index in [0.29, 0.717) is 30.8 Å². The highest BCUT2D eigenvalue weighted by molar-refractivity contribution is 7.89. The van der Waals surface area contributed by atoms with E-state index in [1.165, 1.54) is 11.2 Å². The molecular formula is C21H25N3O4S. The number of sulfonamides is 1. The molecule has 0 bridgehead atoms. The van der Waals surface area contributed by atoms with Crippen molar-refractivity contribution in [3.8, 4) is 0 Å². The van der Waals surface area contributed by atoms with Crippen molar-refractivity contribution in [2.24, 2.45) is 0 Å². The van der Waals surface area contributed by atoms with E-state index in [1.54, 1.807) is 42.5 Å². The van der Waals surface area contributed by atoms with Gasteiger partial charge >= 0.3 is 0 Å². The number of nitrogens with one attached hydrogen (secondary N) is 2. The minimum absolute atomic E-state index is 0.186. The molecule has 1 aliphatic heterocycles. The number of hydrogen-bond donors (Lipinski definition) is 2. The van der Waals surface area contributed by atoms with Gasteiger partial charge in [-0.2, -0.15) is 4.31 Å². The van der Waals surface area contributed by atoms with Gasteiger partial charge in [-0.1, -0.05) is 23.8 Å². The summed E-state index contributed by atoms with van der Waals surface area (Å²) in [5, 5.41) is 5.51. The molecule has 0 spiro atoms. The first kappa shape index (κ1) is 21.0. The molecule has 8 heteroatoms. The van der Waals surface area contributed by atoms with Crippen LogP contribution in [0.2, 0.25) is 0 Å². The summed E-state index contributed by atoms with van der Waals surface area (Å²) in [4.78, 5) is 24.4. The predicted octanol–water partition coefficient (Wildman–Crippen LogP) is 3.05. The number of amides is 2. The quantitative estimate of drug-likeness (QED) is 0.785. The first-order chi connectivity index (χ1) is 13.7. The van der Waals surface area contributed by atoms with Crippen molar-refractivity contribution in [2.45, 2.75) is 44.6 Å². The van der Waals surface area contributed by atoms with E-state index in [4.69, 9.17) is 0 Å². The van der Waals surface area contributed by atoms with Gasteiger partial charge in [-0.3, -0.25) is 9.59 Å². The Morgan fingerprint density at radius 1 is 1.03 bits per heavy atom. The number of nitrogens with zero attached hydrogens (tertiary/aromatic N) is 1. The second-order valence-electron chi connectivity index (χ2n) is 7.29. The Morgan fingerprint density at radius 2 is 1.72 bits per heavy atom. The molecule has 154 valence electrons. The fourth-order valence-electron chi connectivity index (χ4n) is 3.39. The molecule has 2 amide bonds. The monoisotopic (exact) mass is 415 g/mol. The number of rotatable bonds is 5. The normalized spacial score (nSPS) is 17.1. The average molecular weight is 416 g/mol. The number of carbonyl (C=O) groups excluding carboxylic acids is 2. The first-order valence-corrected chi connectivity index (χ1v) is 10.9. The molecule has 0 radical (unpaired) electrons. The third kappa shape index (κ3) is 4.65. The molecule has 2 aromatic rings. The summed E-state index contributed by atoms with van der Waals surface area (Å²) in [6.45, 7) is 5.46. The zero-order valence-corrected chi connectivity index (χ0v) is 17.5. The Morgan fingerprint density at radius 3 is 2.38 bits per heavy atom. The third-order valence-corrected chi connectivity index (χ3v) is 6.87. The van der Waals surface area contributed by atoms with Crippen molar-refractivity contribution >= 4 is 33.2 Å². The van der Waals surface area contributed by atoms with Crippen molar-refractivity contribution < 1.29 is 18.0 Å². The Labute approximate surface area is 171 Å². The second kappa shape index (κ2) is 8.34. The molecule has 0 unspecified atom stereocenters. The zero-order valence-electron chi connectivity index (χ0n) is 16.7. The van der Waals surface area contributed by atoms with Crippen molar-refractivity contribution in [3.63, 3.8) is 0 Å². The molecule has 1 fully saturated rings. The lowest BCUT2D eigenvalue weighted by molar-refractivity contribution is -0.119.